The molecule has 1 N–H and O–H groups in total. The Balaban J connectivity index is 1.73. The molecule has 0 radical (unpaired) electrons. The summed E-state index contributed by atoms with van der Waals surface area (Å²) >= 11 is 5.85. The van der Waals surface area contributed by atoms with Gasteiger partial charge in [0.1, 0.15) is 5.84 Å². The van der Waals surface area contributed by atoms with E-state index in [1.165, 1.54) is 0 Å². The number of carbonyl (C=O) groups excluding carboxylic acids is 1. The Bertz CT molecular complexity index is 544. The SMILES string of the molecule is O=C1N=C(N2CCCC(O)C2)CN1c1ccc(Cl)cc1. The number of aliphatic hydroxyl groups is 1. The van der Waals surface area contributed by atoms with Crippen LogP contribution in [0.4, 0.5) is 10.5 Å². The maximum atomic E-state index is 12.0. The Hall–Kier alpha value is -1.59. The molecule has 1 fully saturated rings. The molecule has 1 aromatic carbocycles. The fraction of sp³-hybridized carbons (Fsp3) is 0.429. The summed E-state index contributed by atoms with van der Waals surface area (Å²) in [5, 5.41) is 10.3. The van der Waals surface area contributed by atoms with Gasteiger partial charge in [-0.3, -0.25) is 4.90 Å². The van der Waals surface area contributed by atoms with E-state index in [2.05, 4.69) is 4.99 Å². The van der Waals surface area contributed by atoms with Crippen molar-refractivity contribution in [3.8, 4) is 0 Å². The minimum atomic E-state index is -0.328. The van der Waals surface area contributed by atoms with Gasteiger partial charge in [-0.1, -0.05) is 11.6 Å². The van der Waals surface area contributed by atoms with Crippen molar-refractivity contribution in [3.63, 3.8) is 0 Å². The number of anilines is 1. The molecule has 2 aliphatic heterocycles. The summed E-state index contributed by atoms with van der Waals surface area (Å²) in [4.78, 5) is 19.7. The first-order valence-electron chi connectivity index (χ1n) is 6.71. The summed E-state index contributed by atoms with van der Waals surface area (Å²) in [5.41, 5.74) is 0.788. The predicted octanol–water partition coefficient (Wildman–Crippen LogP) is 2.14. The molecule has 0 aromatic heterocycles. The Labute approximate surface area is 122 Å². The second-order valence-electron chi connectivity index (χ2n) is 5.12. The molecule has 5 nitrogen and oxygen atoms in total. The van der Waals surface area contributed by atoms with Crippen LogP contribution in [0.3, 0.4) is 0 Å². The van der Waals surface area contributed by atoms with Crippen LogP contribution in [0.2, 0.25) is 5.02 Å². The zero-order valence-corrected chi connectivity index (χ0v) is 11.8. The lowest BCUT2D eigenvalue weighted by atomic mass is 10.1. The predicted molar refractivity (Wildman–Crippen MR) is 78.4 cm³/mol. The maximum absolute atomic E-state index is 12.0. The molecule has 0 saturated carbocycles. The molecule has 3 rings (SSSR count). The number of nitrogens with zero attached hydrogens (tertiary/aromatic N) is 3. The highest BCUT2D eigenvalue weighted by molar-refractivity contribution is 6.30. The van der Waals surface area contributed by atoms with Crippen LogP contribution in [0.25, 0.3) is 0 Å². The van der Waals surface area contributed by atoms with Crippen LogP contribution in [-0.4, -0.2) is 47.6 Å². The molecule has 2 amide bonds. The first kappa shape index (κ1) is 13.4. The number of amides is 2. The molecular weight excluding hydrogens is 278 g/mol. The number of hydrogen-bond acceptors (Lipinski definition) is 3. The summed E-state index contributed by atoms with van der Waals surface area (Å²) in [6, 6.07) is 6.87. The number of likely N-dealkylation sites (tertiary alicyclic amines) is 1. The highest BCUT2D eigenvalue weighted by Gasteiger charge is 2.30. The summed E-state index contributed by atoms with van der Waals surface area (Å²) in [7, 11) is 0. The van der Waals surface area contributed by atoms with Gasteiger partial charge in [-0.25, -0.2) is 4.79 Å². The number of amidine groups is 1. The van der Waals surface area contributed by atoms with E-state index >= 15 is 0 Å². The number of benzene rings is 1. The van der Waals surface area contributed by atoms with E-state index in [1.54, 1.807) is 17.0 Å². The molecule has 1 aromatic rings. The largest absolute Gasteiger partial charge is 0.391 e. The van der Waals surface area contributed by atoms with Crippen molar-refractivity contribution in [3.05, 3.63) is 29.3 Å². The first-order valence-corrected chi connectivity index (χ1v) is 7.09. The quantitative estimate of drug-likeness (QED) is 0.863. The molecule has 1 unspecified atom stereocenters. The second kappa shape index (κ2) is 5.42. The first-order chi connectivity index (χ1) is 9.63. The smallest absolute Gasteiger partial charge is 0.350 e. The second-order valence-corrected chi connectivity index (χ2v) is 5.55. The number of halogens is 1. The van der Waals surface area contributed by atoms with Gasteiger partial charge < -0.3 is 10.0 Å². The fourth-order valence-electron chi connectivity index (χ4n) is 2.60. The zero-order chi connectivity index (χ0) is 14.1. The molecule has 0 bridgehead atoms. The average molecular weight is 294 g/mol. The van der Waals surface area contributed by atoms with Crippen LogP contribution in [-0.2, 0) is 0 Å². The third-order valence-electron chi connectivity index (χ3n) is 3.65. The number of carbonyl (C=O) groups is 1. The molecule has 0 aliphatic carbocycles. The summed E-state index contributed by atoms with van der Waals surface area (Å²) in [6.07, 6.45) is 1.42. The van der Waals surface area contributed by atoms with Gasteiger partial charge in [0.05, 0.1) is 12.6 Å². The van der Waals surface area contributed by atoms with Gasteiger partial charge in [-0.05, 0) is 37.1 Å². The van der Waals surface area contributed by atoms with Crippen molar-refractivity contribution in [1.82, 2.24) is 4.90 Å². The third kappa shape index (κ3) is 2.64. The lowest BCUT2D eigenvalue weighted by Gasteiger charge is -2.31. The summed E-state index contributed by atoms with van der Waals surface area (Å²) in [6.45, 7) is 1.85. The zero-order valence-electron chi connectivity index (χ0n) is 11.0. The Kier molecular flexibility index (Phi) is 3.63. The van der Waals surface area contributed by atoms with Gasteiger partial charge in [-0.2, -0.15) is 4.99 Å². The monoisotopic (exact) mass is 293 g/mol. The number of hydrogen-bond donors (Lipinski definition) is 1. The van der Waals surface area contributed by atoms with Gasteiger partial charge in [0, 0.05) is 23.8 Å². The molecule has 1 saturated heterocycles. The van der Waals surface area contributed by atoms with E-state index in [0.29, 0.717) is 18.1 Å². The maximum Gasteiger partial charge on any atom is 0.350 e. The number of aliphatic hydroxyl groups excluding tert-OH is 1. The number of rotatable bonds is 1. The van der Waals surface area contributed by atoms with Crippen LogP contribution >= 0.6 is 11.6 Å². The third-order valence-corrected chi connectivity index (χ3v) is 3.91. The molecule has 2 heterocycles. The lowest BCUT2D eigenvalue weighted by Crippen LogP contribution is -2.44. The highest BCUT2D eigenvalue weighted by Crippen LogP contribution is 2.23. The molecule has 20 heavy (non-hydrogen) atoms. The Morgan fingerprint density at radius 3 is 2.75 bits per heavy atom. The van der Waals surface area contributed by atoms with Crippen LogP contribution in [0.5, 0.6) is 0 Å². The van der Waals surface area contributed by atoms with Crippen molar-refractivity contribution in [2.45, 2.75) is 18.9 Å². The molecule has 0 spiro atoms. The standard InChI is InChI=1S/C14H16ClN3O2/c15-10-3-5-11(6-4-10)18-9-13(16-14(18)20)17-7-1-2-12(19)8-17/h3-6,12,19H,1-2,7-9H2. The van der Waals surface area contributed by atoms with Crippen LogP contribution in [0.1, 0.15) is 12.8 Å². The normalized spacial score (nSPS) is 23.2. The molecule has 1 atom stereocenters. The molecule has 106 valence electrons. The van der Waals surface area contributed by atoms with Gasteiger partial charge >= 0.3 is 6.03 Å². The van der Waals surface area contributed by atoms with Crippen molar-refractivity contribution in [2.75, 3.05) is 24.5 Å². The number of β-amino-alcohol motifs (C(OH)–C–C–N with tert-alkyl or cyclic N) is 1. The van der Waals surface area contributed by atoms with E-state index in [4.69, 9.17) is 11.6 Å². The van der Waals surface area contributed by atoms with E-state index in [9.17, 15) is 9.90 Å². The van der Waals surface area contributed by atoms with Crippen LogP contribution < -0.4 is 4.90 Å². The van der Waals surface area contributed by atoms with Crippen molar-refractivity contribution < 1.29 is 9.90 Å². The van der Waals surface area contributed by atoms with E-state index in [-0.39, 0.29) is 12.1 Å². The van der Waals surface area contributed by atoms with Gasteiger partial charge in [0.25, 0.3) is 0 Å². The van der Waals surface area contributed by atoms with Gasteiger partial charge in [0.2, 0.25) is 0 Å². The molecular formula is C14H16ClN3O2. The van der Waals surface area contributed by atoms with Gasteiger partial charge in [0.15, 0.2) is 0 Å². The number of piperidine rings is 1. The molecule has 2 aliphatic rings. The van der Waals surface area contributed by atoms with Crippen molar-refractivity contribution in [1.29, 1.82) is 0 Å². The number of aliphatic imine (C=N–C) groups is 1. The summed E-state index contributed by atoms with van der Waals surface area (Å²) in [5.74, 6) is 0.740. The topological polar surface area (TPSA) is 56.1 Å². The minimum absolute atomic E-state index is 0.262. The van der Waals surface area contributed by atoms with Crippen molar-refractivity contribution in [2.24, 2.45) is 4.99 Å². The Morgan fingerprint density at radius 2 is 2.05 bits per heavy atom. The Morgan fingerprint density at radius 1 is 1.30 bits per heavy atom. The lowest BCUT2D eigenvalue weighted by molar-refractivity contribution is 0.103. The van der Waals surface area contributed by atoms with Crippen LogP contribution in [0.15, 0.2) is 29.3 Å². The van der Waals surface area contributed by atoms with Crippen molar-refractivity contribution >= 4 is 29.2 Å². The van der Waals surface area contributed by atoms with Gasteiger partial charge in [-0.15, -0.1) is 0 Å². The van der Waals surface area contributed by atoms with E-state index in [0.717, 1.165) is 30.9 Å². The highest BCUT2D eigenvalue weighted by atomic mass is 35.5. The molecule has 6 heteroatoms. The van der Waals surface area contributed by atoms with E-state index in [1.807, 2.05) is 17.0 Å². The minimum Gasteiger partial charge on any atom is -0.391 e. The fourth-order valence-corrected chi connectivity index (χ4v) is 2.72. The number of urea groups is 1. The van der Waals surface area contributed by atoms with Crippen LogP contribution in [0, 0.1) is 0 Å². The van der Waals surface area contributed by atoms with E-state index < -0.39 is 0 Å². The average Bonchev–Trinajstić information content (AvgIpc) is 2.82. The summed E-state index contributed by atoms with van der Waals surface area (Å²) < 4.78 is 0.